The van der Waals surface area contributed by atoms with Crippen molar-refractivity contribution in [1.29, 1.82) is 0 Å². The fourth-order valence-corrected chi connectivity index (χ4v) is 4.18. The van der Waals surface area contributed by atoms with E-state index in [9.17, 15) is 22.8 Å². The predicted octanol–water partition coefficient (Wildman–Crippen LogP) is 0.215. The molecule has 0 bridgehead atoms. The molecule has 0 aliphatic carbocycles. The molecule has 3 heterocycles. The lowest BCUT2D eigenvalue weighted by molar-refractivity contribution is -0.149. The smallest absolute Gasteiger partial charge is 0.340 e. The first-order valence-corrected chi connectivity index (χ1v) is 10.5. The van der Waals surface area contributed by atoms with E-state index in [1.807, 2.05) is 0 Å². The molecule has 2 amide bonds. The number of hydrogen-bond donors (Lipinski definition) is 2. The fourth-order valence-electron chi connectivity index (χ4n) is 2.42. The van der Waals surface area contributed by atoms with Crippen LogP contribution in [0.15, 0.2) is 39.8 Å². The fraction of sp³-hybridized carbons (Fsp3) is 0.250. The van der Waals surface area contributed by atoms with Gasteiger partial charge in [-0.3, -0.25) is 9.59 Å². The van der Waals surface area contributed by atoms with Crippen LogP contribution < -0.4 is 11.1 Å². The number of amidine groups is 1. The standard InChI is InChI=1S/C16H16N4O6S2/c1-9(14(22)18-15-11(13(17)21)4-6-27-15)26-16(23)10-2-3-12-19-28(24,25)7-5-20(12)8-10/h2-4,6,8-9H,5,7H2,1H3,(H2,17,21)(H,18,22). The highest BCUT2D eigenvalue weighted by atomic mass is 32.2. The molecule has 1 atom stereocenters. The predicted molar refractivity (Wildman–Crippen MR) is 102 cm³/mol. The molecular weight excluding hydrogens is 408 g/mol. The number of primary amides is 1. The van der Waals surface area contributed by atoms with Crippen molar-refractivity contribution >= 4 is 50.0 Å². The minimum absolute atomic E-state index is 0.145. The maximum atomic E-state index is 12.3. The highest BCUT2D eigenvalue weighted by Crippen LogP contribution is 2.23. The summed E-state index contributed by atoms with van der Waals surface area (Å²) < 4.78 is 31.8. The Balaban J connectivity index is 1.64. The van der Waals surface area contributed by atoms with Crippen LogP contribution in [0.3, 0.4) is 0 Å². The molecule has 0 aromatic carbocycles. The second-order valence-corrected chi connectivity index (χ2v) is 8.58. The number of thiophene rings is 1. The molecule has 1 aromatic rings. The molecule has 0 saturated carbocycles. The maximum Gasteiger partial charge on any atom is 0.340 e. The highest BCUT2D eigenvalue weighted by Gasteiger charge is 2.27. The number of rotatable bonds is 5. The van der Waals surface area contributed by atoms with Crippen LogP contribution in [-0.4, -0.2) is 55.3 Å². The first kappa shape index (κ1) is 19.8. The van der Waals surface area contributed by atoms with E-state index < -0.39 is 33.9 Å². The van der Waals surface area contributed by atoms with Crippen molar-refractivity contribution in [1.82, 2.24) is 4.90 Å². The number of sulfonamides is 1. The lowest BCUT2D eigenvalue weighted by Gasteiger charge is -2.27. The first-order valence-electron chi connectivity index (χ1n) is 8.04. The lowest BCUT2D eigenvalue weighted by Crippen LogP contribution is -2.37. The molecule has 0 spiro atoms. The second kappa shape index (κ2) is 7.56. The van der Waals surface area contributed by atoms with Crippen molar-refractivity contribution in [3.05, 3.63) is 40.9 Å². The summed E-state index contributed by atoms with van der Waals surface area (Å²) in [6.07, 6.45) is 3.04. The van der Waals surface area contributed by atoms with E-state index in [4.69, 9.17) is 10.5 Å². The van der Waals surface area contributed by atoms with Gasteiger partial charge in [0.15, 0.2) is 6.10 Å². The van der Waals surface area contributed by atoms with Crippen LogP contribution in [-0.2, 0) is 24.3 Å². The monoisotopic (exact) mass is 424 g/mol. The maximum absolute atomic E-state index is 12.3. The van der Waals surface area contributed by atoms with Gasteiger partial charge in [-0.2, -0.15) is 0 Å². The average Bonchev–Trinajstić information content (AvgIpc) is 3.08. The second-order valence-electron chi connectivity index (χ2n) is 5.91. The summed E-state index contributed by atoms with van der Waals surface area (Å²) >= 11 is 1.12. The zero-order valence-electron chi connectivity index (χ0n) is 14.6. The summed E-state index contributed by atoms with van der Waals surface area (Å²) in [6, 6.07) is 1.48. The van der Waals surface area contributed by atoms with E-state index in [2.05, 4.69) is 9.71 Å². The molecule has 3 N–H and O–H groups in total. The number of anilines is 1. The minimum Gasteiger partial charge on any atom is -0.449 e. The van der Waals surface area contributed by atoms with Gasteiger partial charge >= 0.3 is 5.97 Å². The third-order valence-electron chi connectivity index (χ3n) is 3.88. The van der Waals surface area contributed by atoms with Crippen molar-refractivity contribution in [2.24, 2.45) is 10.1 Å². The lowest BCUT2D eigenvalue weighted by atomic mass is 10.2. The van der Waals surface area contributed by atoms with Crippen LogP contribution >= 0.6 is 11.3 Å². The molecule has 12 heteroatoms. The van der Waals surface area contributed by atoms with Gasteiger partial charge in [0, 0.05) is 12.7 Å². The Morgan fingerprint density at radius 2 is 2.11 bits per heavy atom. The topological polar surface area (TPSA) is 148 Å². The summed E-state index contributed by atoms with van der Waals surface area (Å²) in [5.41, 5.74) is 5.54. The van der Waals surface area contributed by atoms with E-state index in [-0.39, 0.29) is 34.3 Å². The number of nitrogens with zero attached hydrogens (tertiary/aromatic N) is 2. The molecule has 3 rings (SSSR count). The number of nitrogens with one attached hydrogen (secondary N) is 1. The van der Waals surface area contributed by atoms with E-state index in [0.29, 0.717) is 0 Å². The van der Waals surface area contributed by atoms with Crippen LogP contribution in [0.25, 0.3) is 0 Å². The van der Waals surface area contributed by atoms with Crippen molar-refractivity contribution in [3.63, 3.8) is 0 Å². The van der Waals surface area contributed by atoms with Gasteiger partial charge in [0.05, 0.1) is 16.9 Å². The molecule has 2 aliphatic heterocycles. The Morgan fingerprint density at radius 3 is 2.82 bits per heavy atom. The molecule has 1 aromatic heterocycles. The molecule has 0 radical (unpaired) electrons. The van der Waals surface area contributed by atoms with Gasteiger partial charge < -0.3 is 20.7 Å². The van der Waals surface area contributed by atoms with Crippen molar-refractivity contribution < 1.29 is 27.5 Å². The van der Waals surface area contributed by atoms with Crippen LogP contribution in [0.1, 0.15) is 17.3 Å². The Morgan fingerprint density at radius 1 is 1.36 bits per heavy atom. The minimum atomic E-state index is -3.49. The molecule has 10 nitrogen and oxygen atoms in total. The van der Waals surface area contributed by atoms with E-state index in [1.165, 1.54) is 36.2 Å². The molecule has 1 unspecified atom stereocenters. The van der Waals surface area contributed by atoms with Crippen LogP contribution in [0, 0.1) is 0 Å². The van der Waals surface area contributed by atoms with Crippen LogP contribution in [0.5, 0.6) is 0 Å². The Hall–Kier alpha value is -2.99. The Kier molecular flexibility index (Phi) is 5.34. The average molecular weight is 424 g/mol. The third kappa shape index (κ3) is 4.28. The molecule has 28 heavy (non-hydrogen) atoms. The summed E-state index contributed by atoms with van der Waals surface area (Å²) in [7, 11) is -3.49. The quantitative estimate of drug-likeness (QED) is 0.642. The summed E-state index contributed by atoms with van der Waals surface area (Å²) in [4.78, 5) is 37.4. The number of carbonyl (C=O) groups excluding carboxylic acids is 3. The number of ether oxygens (including phenoxy) is 1. The summed E-state index contributed by atoms with van der Waals surface area (Å²) in [6.45, 7) is 1.55. The van der Waals surface area contributed by atoms with Gasteiger partial charge in [0.2, 0.25) is 0 Å². The van der Waals surface area contributed by atoms with Gasteiger partial charge in [-0.1, -0.05) is 0 Å². The Labute approximate surface area is 164 Å². The van der Waals surface area contributed by atoms with E-state index in [1.54, 1.807) is 5.38 Å². The summed E-state index contributed by atoms with van der Waals surface area (Å²) in [5, 5.41) is 4.37. The van der Waals surface area contributed by atoms with Gasteiger partial charge in [0.25, 0.3) is 21.8 Å². The van der Waals surface area contributed by atoms with Crippen LogP contribution in [0.2, 0.25) is 0 Å². The van der Waals surface area contributed by atoms with Crippen LogP contribution in [0.4, 0.5) is 5.00 Å². The van der Waals surface area contributed by atoms with Gasteiger partial charge in [0.1, 0.15) is 10.8 Å². The number of nitrogens with two attached hydrogens (primary N) is 1. The number of amides is 2. The van der Waals surface area contributed by atoms with Crippen molar-refractivity contribution in [2.45, 2.75) is 13.0 Å². The Bertz CT molecular complexity index is 1040. The van der Waals surface area contributed by atoms with E-state index >= 15 is 0 Å². The van der Waals surface area contributed by atoms with Gasteiger partial charge in [-0.25, -0.2) is 13.2 Å². The first-order chi connectivity index (χ1) is 13.2. The van der Waals surface area contributed by atoms with E-state index in [0.717, 1.165) is 11.3 Å². The largest absolute Gasteiger partial charge is 0.449 e. The molecule has 0 fully saturated rings. The van der Waals surface area contributed by atoms with Gasteiger partial charge in [-0.05, 0) is 30.5 Å². The molecular formula is C16H16N4O6S2. The number of hydrogen-bond acceptors (Lipinski definition) is 8. The SMILES string of the molecule is CC(OC(=O)C1=CN2CCS(=O)(=O)N=C2C=C1)C(=O)Nc1sccc1C(N)=O. The van der Waals surface area contributed by atoms with Gasteiger partial charge in [-0.15, -0.1) is 15.7 Å². The highest BCUT2D eigenvalue weighted by molar-refractivity contribution is 7.90. The number of esters is 1. The number of carbonyl (C=O) groups is 3. The molecule has 148 valence electrons. The number of fused-ring (bicyclic) bond motifs is 1. The zero-order chi connectivity index (χ0) is 20.5. The molecule has 0 saturated heterocycles. The zero-order valence-corrected chi connectivity index (χ0v) is 16.2. The third-order valence-corrected chi connectivity index (χ3v) is 5.87. The normalized spacial score (nSPS) is 18.4. The summed E-state index contributed by atoms with van der Waals surface area (Å²) in [5.74, 6) is -2.01. The molecule has 2 aliphatic rings. The van der Waals surface area contributed by atoms with Crippen molar-refractivity contribution in [3.8, 4) is 0 Å². The van der Waals surface area contributed by atoms with Crippen molar-refractivity contribution in [2.75, 3.05) is 17.6 Å².